The normalized spacial score (nSPS) is 25.0. The van der Waals surface area contributed by atoms with Gasteiger partial charge in [-0.2, -0.15) is 0 Å². The van der Waals surface area contributed by atoms with Crippen molar-refractivity contribution in [3.8, 4) is 6.08 Å². The summed E-state index contributed by atoms with van der Waals surface area (Å²) in [6, 6.07) is 8.62. The largest absolute Gasteiger partial charge is 0.452 e. The maximum atomic E-state index is 12.4. The van der Waals surface area contributed by atoms with Crippen LogP contribution in [0, 0.1) is 0 Å². The number of nitrogens with zero attached hydrogens (tertiary/aromatic N) is 2. The van der Waals surface area contributed by atoms with Gasteiger partial charge in [0, 0.05) is 28.6 Å². The van der Waals surface area contributed by atoms with Crippen molar-refractivity contribution in [1.29, 1.82) is 0 Å². The Morgan fingerprint density at radius 2 is 2.17 bits per heavy atom. The number of methoxy groups -OCH3 is 1. The van der Waals surface area contributed by atoms with Crippen LogP contribution in [0.15, 0.2) is 38.8 Å². The van der Waals surface area contributed by atoms with Crippen LogP contribution < -0.4 is 15.4 Å². The van der Waals surface area contributed by atoms with Gasteiger partial charge in [0.15, 0.2) is 0 Å². The second kappa shape index (κ2) is 6.45. The molecule has 4 rings (SSSR count). The number of carbonyl (C=O) groups excluding carboxylic acids is 1. The fourth-order valence-electron chi connectivity index (χ4n) is 3.33. The first-order valence-electron chi connectivity index (χ1n) is 7.93. The first-order valence-corrected chi connectivity index (χ1v) is 8.75. The Morgan fingerprint density at radius 1 is 1.33 bits per heavy atom. The summed E-state index contributed by atoms with van der Waals surface area (Å²) >= 11 is 1.32. The zero-order valence-electron chi connectivity index (χ0n) is 13.2. The highest BCUT2D eigenvalue weighted by Crippen LogP contribution is 2.29. The smallest absolute Gasteiger partial charge is 0.415 e. The summed E-state index contributed by atoms with van der Waals surface area (Å²) in [5.41, 5.74) is 0.658. The minimum atomic E-state index is -0.0228. The lowest BCUT2D eigenvalue weighted by molar-refractivity contribution is 0.0931. The van der Waals surface area contributed by atoms with E-state index in [4.69, 9.17) is 9.15 Å². The maximum absolute atomic E-state index is 12.4. The summed E-state index contributed by atoms with van der Waals surface area (Å²) in [6.07, 6.45) is 3.54. The molecule has 24 heavy (non-hydrogen) atoms. The van der Waals surface area contributed by atoms with Gasteiger partial charge in [0.05, 0.1) is 7.11 Å². The van der Waals surface area contributed by atoms with Gasteiger partial charge in [-0.15, -0.1) is 0 Å². The van der Waals surface area contributed by atoms with Crippen molar-refractivity contribution in [2.24, 2.45) is 0 Å². The number of amides is 1. The van der Waals surface area contributed by atoms with Crippen molar-refractivity contribution < 1.29 is 13.9 Å². The lowest BCUT2D eigenvalue weighted by atomic mass is 9.95. The molecule has 0 radical (unpaired) electrons. The van der Waals surface area contributed by atoms with E-state index in [9.17, 15) is 4.79 Å². The Morgan fingerprint density at radius 3 is 2.79 bits per heavy atom. The van der Waals surface area contributed by atoms with Gasteiger partial charge in [-0.25, -0.2) is 0 Å². The van der Waals surface area contributed by atoms with E-state index in [-0.39, 0.29) is 18.0 Å². The highest BCUT2D eigenvalue weighted by atomic mass is 32.2. The lowest BCUT2D eigenvalue weighted by Crippen LogP contribution is -2.42. The first-order chi connectivity index (χ1) is 11.7. The number of nitrogens with one attached hydrogen (secondary N) is 2. The van der Waals surface area contributed by atoms with Crippen LogP contribution in [0.25, 0.3) is 0 Å². The molecule has 1 amide bonds. The zero-order chi connectivity index (χ0) is 16.5. The number of aromatic nitrogens is 2. The van der Waals surface area contributed by atoms with Crippen molar-refractivity contribution in [3.05, 3.63) is 29.8 Å². The Labute approximate surface area is 143 Å². The van der Waals surface area contributed by atoms with Gasteiger partial charge >= 0.3 is 6.08 Å². The van der Waals surface area contributed by atoms with Crippen molar-refractivity contribution >= 4 is 17.7 Å². The molecule has 3 atom stereocenters. The summed E-state index contributed by atoms with van der Waals surface area (Å²) < 4.78 is 10.1. The molecule has 126 valence electrons. The average Bonchev–Trinajstić information content (AvgIpc) is 3.32. The van der Waals surface area contributed by atoms with Gasteiger partial charge in [-0.1, -0.05) is 10.2 Å². The number of carbonyl (C=O) groups is 1. The summed E-state index contributed by atoms with van der Waals surface area (Å²) in [7, 11) is 1.47. The lowest BCUT2D eigenvalue weighted by Gasteiger charge is -2.21. The molecular weight excluding hydrogens is 328 g/mol. The van der Waals surface area contributed by atoms with Crippen LogP contribution in [0.4, 0.5) is 0 Å². The molecule has 2 aliphatic rings. The second-order valence-electron chi connectivity index (χ2n) is 6.03. The summed E-state index contributed by atoms with van der Waals surface area (Å²) in [4.78, 5) is 13.3. The van der Waals surface area contributed by atoms with E-state index in [2.05, 4.69) is 20.8 Å². The highest BCUT2D eigenvalue weighted by molar-refractivity contribution is 7.99. The third kappa shape index (κ3) is 3.11. The Balaban J connectivity index is 1.37. The van der Waals surface area contributed by atoms with E-state index in [0.29, 0.717) is 22.9 Å². The number of fused-ring (bicyclic) bond motifs is 2. The molecule has 2 aliphatic heterocycles. The molecule has 2 bridgehead atoms. The highest BCUT2D eigenvalue weighted by Gasteiger charge is 2.39. The van der Waals surface area contributed by atoms with Crippen molar-refractivity contribution in [2.45, 2.75) is 47.5 Å². The van der Waals surface area contributed by atoms with Gasteiger partial charge in [0.2, 0.25) is 0 Å². The quantitative estimate of drug-likeness (QED) is 0.854. The second-order valence-corrected chi connectivity index (χ2v) is 7.05. The molecule has 1 aromatic carbocycles. The first kappa shape index (κ1) is 15.5. The van der Waals surface area contributed by atoms with Crippen molar-refractivity contribution in [2.75, 3.05) is 7.11 Å². The van der Waals surface area contributed by atoms with E-state index < -0.39 is 0 Å². The van der Waals surface area contributed by atoms with Gasteiger partial charge in [0.1, 0.15) is 0 Å². The predicted octanol–water partition coefficient (Wildman–Crippen LogP) is 1.85. The molecule has 0 spiro atoms. The molecule has 0 aliphatic carbocycles. The number of rotatable bonds is 5. The minimum Gasteiger partial charge on any atom is -0.452 e. The van der Waals surface area contributed by atoms with Gasteiger partial charge in [0.25, 0.3) is 11.1 Å². The van der Waals surface area contributed by atoms with Crippen molar-refractivity contribution in [3.63, 3.8) is 0 Å². The van der Waals surface area contributed by atoms with Crippen LogP contribution in [-0.2, 0) is 0 Å². The minimum absolute atomic E-state index is 0.0228. The van der Waals surface area contributed by atoms with Crippen LogP contribution in [0.5, 0.6) is 6.08 Å². The van der Waals surface area contributed by atoms with Crippen LogP contribution in [0.2, 0.25) is 0 Å². The molecule has 2 aromatic rings. The van der Waals surface area contributed by atoms with Crippen molar-refractivity contribution in [1.82, 2.24) is 20.8 Å². The van der Waals surface area contributed by atoms with Gasteiger partial charge in [-0.3, -0.25) is 4.79 Å². The van der Waals surface area contributed by atoms with Crippen LogP contribution in [0.3, 0.4) is 0 Å². The Bertz CT molecular complexity index is 733. The molecule has 7 nitrogen and oxygen atoms in total. The molecule has 8 heteroatoms. The molecule has 2 saturated heterocycles. The Hall–Kier alpha value is -2.06. The zero-order valence-corrected chi connectivity index (χ0v) is 14.0. The van der Waals surface area contributed by atoms with E-state index in [1.165, 1.54) is 25.3 Å². The fraction of sp³-hybridized carbons (Fsp3) is 0.438. The number of hydrogen-bond acceptors (Lipinski definition) is 7. The summed E-state index contributed by atoms with van der Waals surface area (Å²) in [5, 5.41) is 14.7. The molecular formula is C16H18N4O3S. The van der Waals surface area contributed by atoms with E-state index >= 15 is 0 Å². The fourth-order valence-corrected chi connectivity index (χ4v) is 4.00. The molecule has 3 unspecified atom stereocenters. The number of ether oxygens (including phenoxy) is 1. The molecule has 2 N–H and O–H groups in total. The molecule has 3 heterocycles. The third-order valence-corrected chi connectivity index (χ3v) is 5.35. The van der Waals surface area contributed by atoms with Gasteiger partial charge < -0.3 is 19.8 Å². The number of hydrogen-bond donors (Lipinski definition) is 2. The predicted molar refractivity (Wildman–Crippen MR) is 87.2 cm³/mol. The van der Waals surface area contributed by atoms with Crippen LogP contribution in [0.1, 0.15) is 29.6 Å². The summed E-state index contributed by atoms with van der Waals surface area (Å²) in [5.74, 6) is -0.0228. The monoisotopic (exact) mass is 346 g/mol. The standard InChI is InChI=1S/C16H18N4O3S/c1-22-15-19-20-16(23-15)24-11-5-2-9(3-6-11)14(21)18-13-8-10-4-7-12(13)17-10/h2-3,5-6,10,12-13,17H,4,7-8H2,1H3,(H,18,21). The van der Waals surface area contributed by atoms with Crippen LogP contribution >= 0.6 is 11.8 Å². The third-order valence-electron chi connectivity index (χ3n) is 4.50. The average molecular weight is 346 g/mol. The van der Waals surface area contributed by atoms with Gasteiger partial charge in [-0.05, 0) is 55.3 Å². The summed E-state index contributed by atoms with van der Waals surface area (Å²) in [6.45, 7) is 0. The molecule has 0 saturated carbocycles. The topological polar surface area (TPSA) is 89.3 Å². The Kier molecular flexibility index (Phi) is 4.15. The SMILES string of the molecule is COc1nnc(Sc2ccc(C(=O)NC3CC4CCC3N4)cc2)o1. The van der Waals surface area contributed by atoms with E-state index in [0.717, 1.165) is 17.7 Å². The van der Waals surface area contributed by atoms with E-state index in [1.807, 2.05) is 24.3 Å². The van der Waals surface area contributed by atoms with E-state index in [1.54, 1.807) is 0 Å². The maximum Gasteiger partial charge on any atom is 0.415 e. The molecule has 2 fully saturated rings. The number of benzene rings is 1. The van der Waals surface area contributed by atoms with Crippen LogP contribution in [-0.4, -0.2) is 41.3 Å². The molecule has 1 aromatic heterocycles.